The van der Waals surface area contributed by atoms with Crippen LogP contribution in [-0.4, -0.2) is 34.9 Å². The Labute approximate surface area is 77.3 Å². The molecule has 0 rings (SSSR count). The van der Waals surface area contributed by atoms with Gasteiger partial charge in [-0.1, -0.05) is 6.92 Å². The molecule has 5 heteroatoms. The van der Waals surface area contributed by atoms with Crippen LogP contribution in [0.2, 0.25) is 0 Å². The minimum Gasteiger partial charge on any atom is -0.479 e. The molecular weight excluding hydrogens is 176 g/mol. The van der Waals surface area contributed by atoms with E-state index in [0.717, 1.165) is 0 Å². The maximum atomic E-state index is 9.96. The molecule has 2 N–H and O–H groups in total. The molecule has 0 amide bonds. The van der Waals surface area contributed by atoms with E-state index in [9.17, 15) is 9.59 Å². The molecule has 0 atom stereocenters. The normalized spacial score (nSPS) is 9.62. The van der Waals surface area contributed by atoms with E-state index in [1.807, 2.05) is 0 Å². The number of hydrogen-bond acceptors (Lipinski definition) is 4. The number of ether oxygens (including phenoxy) is 1. The molecule has 0 radical (unpaired) electrons. The molecule has 0 aromatic rings. The summed E-state index contributed by atoms with van der Waals surface area (Å²) in [5.74, 6) is -1.36. The van der Waals surface area contributed by atoms with Gasteiger partial charge < -0.3 is 14.9 Å². The summed E-state index contributed by atoms with van der Waals surface area (Å²) in [4.78, 5) is 19.7. The maximum Gasteiger partial charge on any atom is 0.335 e. The second-order valence-corrected chi connectivity index (χ2v) is 2.79. The van der Waals surface area contributed by atoms with Crippen molar-refractivity contribution in [3.63, 3.8) is 0 Å². The van der Waals surface area contributed by atoms with Crippen molar-refractivity contribution < 1.29 is 24.5 Å². The number of methoxy groups -OCH3 is 1. The van der Waals surface area contributed by atoms with Crippen LogP contribution in [-0.2, 0) is 14.3 Å². The molecule has 0 saturated heterocycles. The van der Waals surface area contributed by atoms with Gasteiger partial charge in [0.2, 0.25) is 0 Å². The van der Waals surface area contributed by atoms with E-state index in [1.165, 1.54) is 21.0 Å². The highest BCUT2D eigenvalue weighted by atomic mass is 16.5. The molecule has 0 saturated carbocycles. The lowest BCUT2D eigenvalue weighted by Gasteiger charge is -2.07. The summed E-state index contributed by atoms with van der Waals surface area (Å²) in [5.41, 5.74) is -1.58. The van der Waals surface area contributed by atoms with Gasteiger partial charge in [-0.3, -0.25) is 4.79 Å². The van der Waals surface area contributed by atoms with E-state index in [1.54, 1.807) is 6.92 Å². The molecule has 0 aliphatic rings. The smallest absolute Gasteiger partial charge is 0.335 e. The molecule has 0 unspecified atom stereocenters. The fraction of sp³-hybridized carbons (Fsp3) is 0.750. The summed E-state index contributed by atoms with van der Waals surface area (Å²) in [7, 11) is 1.38. The molecular formula is C8H16O5. The second-order valence-electron chi connectivity index (χ2n) is 2.79. The summed E-state index contributed by atoms with van der Waals surface area (Å²) < 4.78 is 4.26. The predicted molar refractivity (Wildman–Crippen MR) is 46.2 cm³/mol. The number of hydrogen-bond donors (Lipinski definition) is 2. The first-order valence-electron chi connectivity index (χ1n) is 3.78. The molecule has 0 aromatic carbocycles. The lowest BCUT2D eigenvalue weighted by Crippen LogP contribution is -2.30. The predicted octanol–water partition coefficient (Wildman–Crippen LogP) is 0.411. The van der Waals surface area contributed by atoms with Gasteiger partial charge >= 0.3 is 11.9 Å². The third kappa shape index (κ3) is 10.9. The first-order valence-corrected chi connectivity index (χ1v) is 3.78. The highest BCUT2D eigenvalue weighted by molar-refractivity contribution is 5.75. The van der Waals surface area contributed by atoms with Crippen LogP contribution in [0.3, 0.4) is 0 Å². The molecule has 0 aromatic heterocycles. The van der Waals surface area contributed by atoms with Crippen molar-refractivity contribution in [1.29, 1.82) is 0 Å². The molecule has 0 fully saturated rings. The molecule has 0 spiro atoms. The van der Waals surface area contributed by atoms with Crippen molar-refractivity contribution in [3.05, 3.63) is 0 Å². The van der Waals surface area contributed by atoms with Crippen LogP contribution in [0.15, 0.2) is 0 Å². The van der Waals surface area contributed by atoms with Gasteiger partial charge in [0.05, 0.1) is 7.11 Å². The van der Waals surface area contributed by atoms with Crippen LogP contribution in [0.1, 0.15) is 27.2 Å². The van der Waals surface area contributed by atoms with Crippen molar-refractivity contribution in [2.45, 2.75) is 32.8 Å². The third-order valence-corrected chi connectivity index (χ3v) is 1.04. The second kappa shape index (κ2) is 6.42. The van der Waals surface area contributed by atoms with E-state index >= 15 is 0 Å². The minimum absolute atomic E-state index is 0.157. The van der Waals surface area contributed by atoms with Gasteiger partial charge in [-0.25, -0.2) is 4.79 Å². The van der Waals surface area contributed by atoms with Gasteiger partial charge in [-0.05, 0) is 13.8 Å². The monoisotopic (exact) mass is 192 g/mol. The number of carbonyl (C=O) groups excluding carboxylic acids is 1. The Morgan fingerprint density at radius 2 is 1.69 bits per heavy atom. The third-order valence-electron chi connectivity index (χ3n) is 1.04. The first-order chi connectivity index (χ1) is 5.75. The van der Waals surface area contributed by atoms with Crippen LogP contribution >= 0.6 is 0 Å². The van der Waals surface area contributed by atoms with E-state index in [2.05, 4.69) is 4.74 Å². The van der Waals surface area contributed by atoms with E-state index in [0.29, 0.717) is 6.42 Å². The zero-order chi connectivity index (χ0) is 11.1. The number of carbonyl (C=O) groups is 2. The van der Waals surface area contributed by atoms with Crippen LogP contribution in [0.5, 0.6) is 0 Å². The number of esters is 1. The lowest BCUT2D eigenvalue weighted by molar-refractivity contribution is -0.154. The SMILES string of the molecule is CC(C)(O)C(=O)O.CCC(=O)OC. The minimum atomic E-state index is -1.58. The molecule has 0 aliphatic carbocycles. The summed E-state index contributed by atoms with van der Waals surface area (Å²) in [6, 6.07) is 0. The molecule has 78 valence electrons. The van der Waals surface area contributed by atoms with Crippen molar-refractivity contribution >= 4 is 11.9 Å². The molecule has 5 nitrogen and oxygen atoms in total. The van der Waals surface area contributed by atoms with Gasteiger partial charge in [0, 0.05) is 6.42 Å². The Morgan fingerprint density at radius 1 is 1.38 bits per heavy atom. The van der Waals surface area contributed by atoms with Crippen LogP contribution in [0, 0.1) is 0 Å². The fourth-order valence-corrected chi connectivity index (χ4v) is 0.144. The molecule has 0 bridgehead atoms. The number of carboxylic acid groups (broad SMARTS) is 1. The Bertz CT molecular complexity index is 162. The number of aliphatic carboxylic acids is 1. The molecule has 0 heterocycles. The summed E-state index contributed by atoms with van der Waals surface area (Å²) >= 11 is 0. The van der Waals surface area contributed by atoms with Crippen molar-refractivity contribution in [2.75, 3.05) is 7.11 Å². The maximum absolute atomic E-state index is 9.96. The van der Waals surface area contributed by atoms with Gasteiger partial charge in [0.25, 0.3) is 0 Å². The Kier molecular flexibility index (Phi) is 7.12. The van der Waals surface area contributed by atoms with Gasteiger partial charge in [-0.15, -0.1) is 0 Å². The van der Waals surface area contributed by atoms with E-state index in [4.69, 9.17) is 10.2 Å². The average molecular weight is 192 g/mol. The zero-order valence-corrected chi connectivity index (χ0v) is 8.33. The molecule has 13 heavy (non-hydrogen) atoms. The quantitative estimate of drug-likeness (QED) is 0.619. The van der Waals surface area contributed by atoms with Crippen LogP contribution in [0.25, 0.3) is 0 Å². The Morgan fingerprint density at radius 3 is 1.69 bits per heavy atom. The summed E-state index contributed by atoms with van der Waals surface area (Å²) in [6.07, 6.45) is 0.469. The van der Waals surface area contributed by atoms with E-state index < -0.39 is 11.6 Å². The Hall–Kier alpha value is -1.10. The fourth-order valence-electron chi connectivity index (χ4n) is 0.144. The lowest BCUT2D eigenvalue weighted by atomic mass is 10.1. The number of rotatable bonds is 2. The van der Waals surface area contributed by atoms with Crippen molar-refractivity contribution in [3.8, 4) is 0 Å². The van der Waals surface area contributed by atoms with Crippen molar-refractivity contribution in [2.24, 2.45) is 0 Å². The standard InChI is InChI=1S/C4H8O3.C4H8O2/c1-4(2,7)3(5)6;1-3-4(5)6-2/h7H,1-2H3,(H,5,6);3H2,1-2H3. The highest BCUT2D eigenvalue weighted by Gasteiger charge is 2.21. The zero-order valence-electron chi connectivity index (χ0n) is 8.33. The summed E-state index contributed by atoms with van der Waals surface area (Å²) in [5, 5.41) is 16.5. The number of carboxylic acids is 1. The average Bonchev–Trinajstić information content (AvgIpc) is 2.02. The summed E-state index contributed by atoms with van der Waals surface area (Å²) in [6.45, 7) is 4.19. The topological polar surface area (TPSA) is 83.8 Å². The van der Waals surface area contributed by atoms with Gasteiger partial charge in [0.15, 0.2) is 5.60 Å². The molecule has 0 aliphatic heterocycles. The highest BCUT2D eigenvalue weighted by Crippen LogP contribution is 1.97. The van der Waals surface area contributed by atoms with E-state index in [-0.39, 0.29) is 5.97 Å². The Balaban J connectivity index is 0. The van der Waals surface area contributed by atoms with Crippen LogP contribution in [0.4, 0.5) is 0 Å². The van der Waals surface area contributed by atoms with Gasteiger partial charge in [-0.2, -0.15) is 0 Å². The van der Waals surface area contributed by atoms with Crippen molar-refractivity contribution in [1.82, 2.24) is 0 Å². The first kappa shape index (κ1) is 14.4. The van der Waals surface area contributed by atoms with Gasteiger partial charge in [0.1, 0.15) is 0 Å². The largest absolute Gasteiger partial charge is 0.479 e. The number of aliphatic hydroxyl groups is 1. The van der Waals surface area contributed by atoms with Crippen LogP contribution < -0.4 is 0 Å².